The Kier molecular flexibility index (Phi) is 5.53. The molecule has 114 valence electrons. The van der Waals surface area contributed by atoms with E-state index < -0.39 is 24.0 Å². The van der Waals surface area contributed by atoms with Gasteiger partial charge in [-0.1, -0.05) is 6.07 Å². The van der Waals surface area contributed by atoms with E-state index in [1.807, 2.05) is 5.32 Å². The van der Waals surface area contributed by atoms with Gasteiger partial charge in [-0.05, 0) is 19.1 Å². The largest absolute Gasteiger partial charge is 0.496 e. The Balaban J connectivity index is 2.82. The first-order valence-corrected chi connectivity index (χ1v) is 6.06. The van der Waals surface area contributed by atoms with Crippen molar-refractivity contribution in [2.75, 3.05) is 19.9 Å². The highest BCUT2D eigenvalue weighted by Crippen LogP contribution is 2.25. The number of nitrogens with two attached hydrogens (primary N) is 1. The summed E-state index contributed by atoms with van der Waals surface area (Å²) in [7, 11) is 2.74. The molecule has 0 radical (unpaired) electrons. The van der Waals surface area contributed by atoms with Crippen LogP contribution in [0.3, 0.4) is 0 Å². The zero-order valence-electron chi connectivity index (χ0n) is 11.9. The van der Waals surface area contributed by atoms with E-state index in [-0.39, 0.29) is 17.0 Å². The standard InChI is InChI=1S/C13H17N3O5/c1-7(11(17)16-13(19)15-2)21-12(18)10-8(14)5-4-6-9(10)20-3/h4-7H,14H2,1-3H3,(H2,15,16,17,19). The molecule has 0 heterocycles. The number of methoxy groups -OCH3 is 1. The van der Waals surface area contributed by atoms with E-state index >= 15 is 0 Å². The number of carbonyl (C=O) groups is 3. The predicted octanol–water partition coefficient (Wildman–Crippen LogP) is 0.278. The summed E-state index contributed by atoms with van der Waals surface area (Å²) in [4.78, 5) is 34.7. The molecule has 0 fully saturated rings. The molecule has 1 aromatic rings. The van der Waals surface area contributed by atoms with E-state index in [1.54, 1.807) is 12.1 Å². The number of benzene rings is 1. The summed E-state index contributed by atoms with van der Waals surface area (Å²) in [6.07, 6.45) is -1.17. The zero-order chi connectivity index (χ0) is 16.0. The molecule has 8 nitrogen and oxygen atoms in total. The van der Waals surface area contributed by atoms with Gasteiger partial charge in [0, 0.05) is 12.7 Å². The Morgan fingerprint density at radius 2 is 1.95 bits per heavy atom. The van der Waals surface area contributed by atoms with Crippen molar-refractivity contribution in [2.45, 2.75) is 13.0 Å². The summed E-state index contributed by atoms with van der Waals surface area (Å²) in [5, 5.41) is 4.21. The molecule has 4 N–H and O–H groups in total. The summed E-state index contributed by atoms with van der Waals surface area (Å²) in [6, 6.07) is 3.98. The van der Waals surface area contributed by atoms with Gasteiger partial charge in [-0.25, -0.2) is 9.59 Å². The quantitative estimate of drug-likeness (QED) is 0.542. The monoisotopic (exact) mass is 295 g/mol. The molecule has 0 saturated heterocycles. The van der Waals surface area contributed by atoms with Gasteiger partial charge in [-0.3, -0.25) is 10.1 Å². The summed E-state index contributed by atoms with van der Waals surface area (Å²) >= 11 is 0. The van der Waals surface area contributed by atoms with E-state index in [0.29, 0.717) is 0 Å². The second-order valence-electron chi connectivity index (χ2n) is 4.04. The second-order valence-corrected chi connectivity index (χ2v) is 4.04. The first-order valence-electron chi connectivity index (χ1n) is 6.06. The van der Waals surface area contributed by atoms with Gasteiger partial charge in [0.25, 0.3) is 5.91 Å². The lowest BCUT2D eigenvalue weighted by Crippen LogP contribution is -2.43. The van der Waals surface area contributed by atoms with Gasteiger partial charge < -0.3 is 20.5 Å². The van der Waals surface area contributed by atoms with Gasteiger partial charge in [0.2, 0.25) is 0 Å². The van der Waals surface area contributed by atoms with Gasteiger partial charge >= 0.3 is 12.0 Å². The normalized spacial score (nSPS) is 11.2. The van der Waals surface area contributed by atoms with Crippen molar-refractivity contribution in [1.29, 1.82) is 0 Å². The molecule has 1 aromatic carbocycles. The number of anilines is 1. The number of carbonyl (C=O) groups excluding carboxylic acids is 3. The van der Waals surface area contributed by atoms with Crippen molar-refractivity contribution in [3.05, 3.63) is 23.8 Å². The molecule has 0 saturated carbocycles. The van der Waals surface area contributed by atoms with Crippen molar-refractivity contribution in [1.82, 2.24) is 10.6 Å². The van der Waals surface area contributed by atoms with Crippen LogP contribution in [0.15, 0.2) is 18.2 Å². The lowest BCUT2D eigenvalue weighted by Gasteiger charge is -2.15. The minimum atomic E-state index is -1.17. The van der Waals surface area contributed by atoms with Crippen LogP contribution >= 0.6 is 0 Å². The Labute approximate surface area is 121 Å². The van der Waals surface area contributed by atoms with Crippen LogP contribution in [0, 0.1) is 0 Å². The summed E-state index contributed by atoms with van der Waals surface area (Å²) < 4.78 is 10.0. The van der Waals surface area contributed by atoms with Gasteiger partial charge in [0.15, 0.2) is 6.10 Å². The maximum atomic E-state index is 12.1. The maximum Gasteiger partial charge on any atom is 0.344 e. The third-order valence-electron chi connectivity index (χ3n) is 2.60. The van der Waals surface area contributed by atoms with Gasteiger partial charge in [0.05, 0.1) is 7.11 Å². The number of urea groups is 1. The molecule has 1 atom stereocenters. The number of imide groups is 1. The van der Waals surface area contributed by atoms with Crippen molar-refractivity contribution < 1.29 is 23.9 Å². The fourth-order valence-electron chi connectivity index (χ4n) is 1.49. The molecular weight excluding hydrogens is 278 g/mol. The van der Waals surface area contributed by atoms with Crippen LogP contribution < -0.4 is 21.1 Å². The molecular formula is C13H17N3O5. The molecule has 0 aliphatic heterocycles. The fraction of sp³-hybridized carbons (Fsp3) is 0.308. The number of nitrogen functional groups attached to an aromatic ring is 1. The van der Waals surface area contributed by atoms with E-state index in [2.05, 4.69) is 5.32 Å². The molecule has 0 aliphatic rings. The molecule has 1 rings (SSSR count). The number of esters is 1. The molecule has 0 spiro atoms. The molecule has 1 unspecified atom stereocenters. The molecule has 0 aromatic heterocycles. The number of ether oxygens (including phenoxy) is 2. The fourth-order valence-corrected chi connectivity index (χ4v) is 1.49. The topological polar surface area (TPSA) is 120 Å². The molecule has 21 heavy (non-hydrogen) atoms. The Morgan fingerprint density at radius 3 is 2.52 bits per heavy atom. The lowest BCUT2D eigenvalue weighted by molar-refractivity contribution is -0.127. The first kappa shape index (κ1) is 16.3. The highest BCUT2D eigenvalue weighted by molar-refractivity contribution is 6.01. The Morgan fingerprint density at radius 1 is 1.29 bits per heavy atom. The Hall–Kier alpha value is -2.77. The van der Waals surface area contributed by atoms with E-state index in [4.69, 9.17) is 15.2 Å². The average Bonchev–Trinajstić information content (AvgIpc) is 2.46. The number of hydrogen-bond donors (Lipinski definition) is 3. The molecule has 8 heteroatoms. The smallest absolute Gasteiger partial charge is 0.344 e. The maximum absolute atomic E-state index is 12.1. The highest BCUT2D eigenvalue weighted by Gasteiger charge is 2.24. The minimum Gasteiger partial charge on any atom is -0.496 e. The summed E-state index contributed by atoms with van der Waals surface area (Å²) in [6.45, 7) is 1.34. The summed E-state index contributed by atoms with van der Waals surface area (Å²) in [5.74, 6) is -1.33. The summed E-state index contributed by atoms with van der Waals surface area (Å²) in [5.41, 5.74) is 5.90. The molecule has 3 amide bonds. The second kappa shape index (κ2) is 7.13. The van der Waals surface area contributed by atoms with Gasteiger partial charge in [-0.2, -0.15) is 0 Å². The number of nitrogens with one attached hydrogen (secondary N) is 2. The van der Waals surface area contributed by atoms with Crippen molar-refractivity contribution in [3.8, 4) is 5.75 Å². The zero-order valence-corrected chi connectivity index (χ0v) is 11.9. The van der Waals surface area contributed by atoms with Crippen LogP contribution in [0.25, 0.3) is 0 Å². The van der Waals surface area contributed by atoms with Crippen molar-refractivity contribution in [2.24, 2.45) is 0 Å². The lowest BCUT2D eigenvalue weighted by atomic mass is 10.1. The van der Waals surface area contributed by atoms with E-state index in [0.717, 1.165) is 0 Å². The predicted molar refractivity (Wildman–Crippen MR) is 74.9 cm³/mol. The highest BCUT2D eigenvalue weighted by atomic mass is 16.5. The average molecular weight is 295 g/mol. The van der Waals surface area contributed by atoms with Crippen LogP contribution in [0.2, 0.25) is 0 Å². The Bertz CT molecular complexity index is 559. The van der Waals surface area contributed by atoms with Crippen LogP contribution in [0.4, 0.5) is 10.5 Å². The number of rotatable bonds is 4. The third kappa shape index (κ3) is 4.10. The van der Waals surface area contributed by atoms with Crippen LogP contribution in [-0.2, 0) is 9.53 Å². The van der Waals surface area contributed by atoms with E-state index in [1.165, 1.54) is 27.1 Å². The first-order chi connectivity index (χ1) is 9.90. The van der Waals surface area contributed by atoms with Crippen LogP contribution in [0.1, 0.15) is 17.3 Å². The molecule has 0 bridgehead atoms. The number of amides is 3. The van der Waals surface area contributed by atoms with Crippen LogP contribution in [-0.4, -0.2) is 38.2 Å². The van der Waals surface area contributed by atoms with Crippen LogP contribution in [0.5, 0.6) is 5.75 Å². The van der Waals surface area contributed by atoms with Crippen molar-refractivity contribution >= 4 is 23.6 Å². The minimum absolute atomic E-state index is 0.0274. The van der Waals surface area contributed by atoms with Crippen molar-refractivity contribution in [3.63, 3.8) is 0 Å². The molecule has 0 aliphatic carbocycles. The third-order valence-corrected chi connectivity index (χ3v) is 2.60. The van der Waals surface area contributed by atoms with Gasteiger partial charge in [0.1, 0.15) is 11.3 Å². The van der Waals surface area contributed by atoms with Gasteiger partial charge in [-0.15, -0.1) is 0 Å². The van der Waals surface area contributed by atoms with E-state index in [9.17, 15) is 14.4 Å². The SMILES string of the molecule is CNC(=O)NC(=O)C(C)OC(=O)c1c(N)cccc1OC. The number of hydrogen-bond acceptors (Lipinski definition) is 6.